The highest BCUT2D eigenvalue weighted by atomic mass is 16.2. The average Bonchev–Trinajstić information content (AvgIpc) is 2.37. The summed E-state index contributed by atoms with van der Waals surface area (Å²) in [4.78, 5) is 13.8. The van der Waals surface area contributed by atoms with Crippen molar-refractivity contribution in [1.29, 1.82) is 0 Å². The molecule has 2 amide bonds. The standard InChI is InChI=1S/C13H27N3O/c1-3-4-8-15-13(17)16-10-6-12(7-11-16)5-9-14-2/h12,14H,3-11H2,1-2H3,(H,15,17). The van der Waals surface area contributed by atoms with Gasteiger partial charge in [0.15, 0.2) is 0 Å². The van der Waals surface area contributed by atoms with Gasteiger partial charge in [0.05, 0.1) is 0 Å². The van der Waals surface area contributed by atoms with Crippen molar-refractivity contribution in [3.8, 4) is 0 Å². The molecular weight excluding hydrogens is 214 g/mol. The van der Waals surface area contributed by atoms with Gasteiger partial charge in [0, 0.05) is 19.6 Å². The van der Waals surface area contributed by atoms with Gasteiger partial charge in [0.2, 0.25) is 0 Å². The number of unbranched alkanes of at least 4 members (excludes halogenated alkanes) is 1. The Morgan fingerprint density at radius 3 is 2.59 bits per heavy atom. The van der Waals surface area contributed by atoms with Crippen LogP contribution < -0.4 is 10.6 Å². The molecule has 1 aliphatic rings. The van der Waals surface area contributed by atoms with E-state index in [9.17, 15) is 4.79 Å². The minimum atomic E-state index is 0.130. The lowest BCUT2D eigenvalue weighted by molar-refractivity contribution is 0.168. The summed E-state index contributed by atoms with van der Waals surface area (Å²) in [6.07, 6.45) is 5.75. The number of likely N-dealkylation sites (tertiary alicyclic amines) is 1. The normalized spacial score (nSPS) is 17.2. The van der Waals surface area contributed by atoms with Gasteiger partial charge in [0.1, 0.15) is 0 Å². The molecule has 0 atom stereocenters. The number of piperidine rings is 1. The van der Waals surface area contributed by atoms with Crippen LogP contribution in [0.4, 0.5) is 4.79 Å². The number of hydrogen-bond donors (Lipinski definition) is 2. The number of amides is 2. The molecule has 4 nitrogen and oxygen atoms in total. The molecule has 1 aliphatic heterocycles. The molecule has 1 rings (SSSR count). The quantitative estimate of drug-likeness (QED) is 0.697. The van der Waals surface area contributed by atoms with Gasteiger partial charge in [-0.3, -0.25) is 0 Å². The first kappa shape index (κ1) is 14.3. The highest BCUT2D eigenvalue weighted by Crippen LogP contribution is 2.19. The number of nitrogens with one attached hydrogen (secondary N) is 2. The summed E-state index contributed by atoms with van der Waals surface area (Å²) in [7, 11) is 2.00. The molecule has 0 radical (unpaired) electrons. The highest BCUT2D eigenvalue weighted by Gasteiger charge is 2.21. The second kappa shape index (κ2) is 8.34. The van der Waals surface area contributed by atoms with E-state index in [4.69, 9.17) is 0 Å². The van der Waals surface area contributed by atoms with E-state index < -0.39 is 0 Å². The number of nitrogens with zero attached hydrogens (tertiary/aromatic N) is 1. The summed E-state index contributed by atoms with van der Waals surface area (Å²) in [5.41, 5.74) is 0. The minimum Gasteiger partial charge on any atom is -0.338 e. The zero-order chi connectivity index (χ0) is 12.5. The molecule has 0 bridgehead atoms. The number of urea groups is 1. The topological polar surface area (TPSA) is 44.4 Å². The molecule has 4 heteroatoms. The Morgan fingerprint density at radius 1 is 1.29 bits per heavy atom. The van der Waals surface area contributed by atoms with Crippen LogP contribution in [-0.2, 0) is 0 Å². The number of rotatable bonds is 6. The van der Waals surface area contributed by atoms with Crippen LogP contribution in [0.1, 0.15) is 39.0 Å². The third-order valence-electron chi connectivity index (χ3n) is 3.51. The van der Waals surface area contributed by atoms with Crippen LogP contribution in [-0.4, -0.2) is 44.2 Å². The lowest BCUT2D eigenvalue weighted by atomic mass is 9.94. The van der Waals surface area contributed by atoms with Crippen LogP contribution in [0, 0.1) is 5.92 Å². The van der Waals surface area contributed by atoms with Crippen LogP contribution in [0.2, 0.25) is 0 Å². The van der Waals surface area contributed by atoms with Crippen molar-refractivity contribution in [2.24, 2.45) is 5.92 Å². The van der Waals surface area contributed by atoms with E-state index in [0.29, 0.717) is 0 Å². The lowest BCUT2D eigenvalue weighted by Gasteiger charge is -2.32. The van der Waals surface area contributed by atoms with Gasteiger partial charge in [0.25, 0.3) is 0 Å². The summed E-state index contributed by atoms with van der Waals surface area (Å²) >= 11 is 0. The molecule has 0 saturated carbocycles. The van der Waals surface area contributed by atoms with E-state index in [2.05, 4.69) is 17.6 Å². The van der Waals surface area contributed by atoms with Crippen molar-refractivity contribution < 1.29 is 4.79 Å². The van der Waals surface area contributed by atoms with Crippen molar-refractivity contribution in [2.45, 2.75) is 39.0 Å². The van der Waals surface area contributed by atoms with Gasteiger partial charge in [-0.15, -0.1) is 0 Å². The Hall–Kier alpha value is -0.770. The summed E-state index contributed by atoms with van der Waals surface area (Å²) < 4.78 is 0. The molecule has 0 unspecified atom stereocenters. The third-order valence-corrected chi connectivity index (χ3v) is 3.51. The predicted molar refractivity (Wildman–Crippen MR) is 71.1 cm³/mol. The first-order valence-corrected chi connectivity index (χ1v) is 6.95. The molecule has 100 valence electrons. The summed E-state index contributed by atoms with van der Waals surface area (Å²) in [5.74, 6) is 0.794. The Labute approximate surface area is 105 Å². The SMILES string of the molecule is CCCCNC(=O)N1CCC(CCNC)CC1. The van der Waals surface area contributed by atoms with Crippen LogP contribution >= 0.6 is 0 Å². The number of hydrogen-bond acceptors (Lipinski definition) is 2. The van der Waals surface area contributed by atoms with Gasteiger partial charge >= 0.3 is 6.03 Å². The maximum Gasteiger partial charge on any atom is 0.317 e. The Morgan fingerprint density at radius 2 is 2.00 bits per heavy atom. The molecule has 0 aromatic carbocycles. The summed E-state index contributed by atoms with van der Waals surface area (Å²) in [6.45, 7) is 5.89. The third kappa shape index (κ3) is 5.39. The van der Waals surface area contributed by atoms with E-state index in [0.717, 1.165) is 57.8 Å². The van der Waals surface area contributed by atoms with Gasteiger partial charge in [-0.2, -0.15) is 0 Å². The molecule has 17 heavy (non-hydrogen) atoms. The highest BCUT2D eigenvalue weighted by molar-refractivity contribution is 5.74. The molecule has 0 aromatic heterocycles. The molecular formula is C13H27N3O. The van der Waals surface area contributed by atoms with E-state index in [-0.39, 0.29) is 6.03 Å². The van der Waals surface area contributed by atoms with Crippen LogP contribution in [0.5, 0.6) is 0 Å². The van der Waals surface area contributed by atoms with Crippen molar-refractivity contribution >= 4 is 6.03 Å². The van der Waals surface area contributed by atoms with Crippen molar-refractivity contribution in [3.05, 3.63) is 0 Å². The summed E-state index contributed by atoms with van der Waals surface area (Å²) in [6, 6.07) is 0.130. The molecule has 0 aliphatic carbocycles. The van der Waals surface area contributed by atoms with Crippen molar-refractivity contribution in [3.63, 3.8) is 0 Å². The Balaban J connectivity index is 2.15. The largest absolute Gasteiger partial charge is 0.338 e. The second-order valence-electron chi connectivity index (χ2n) is 4.91. The van der Waals surface area contributed by atoms with Gasteiger partial charge in [-0.1, -0.05) is 13.3 Å². The monoisotopic (exact) mass is 241 g/mol. The van der Waals surface area contributed by atoms with Crippen LogP contribution in [0.25, 0.3) is 0 Å². The lowest BCUT2D eigenvalue weighted by Crippen LogP contribution is -2.44. The van der Waals surface area contributed by atoms with E-state index in [1.54, 1.807) is 0 Å². The molecule has 0 aromatic rings. The zero-order valence-corrected chi connectivity index (χ0v) is 11.3. The van der Waals surface area contributed by atoms with E-state index in [1.165, 1.54) is 6.42 Å². The van der Waals surface area contributed by atoms with Crippen LogP contribution in [0.15, 0.2) is 0 Å². The average molecular weight is 241 g/mol. The molecule has 1 heterocycles. The smallest absolute Gasteiger partial charge is 0.317 e. The first-order valence-electron chi connectivity index (χ1n) is 6.95. The fourth-order valence-electron chi connectivity index (χ4n) is 2.26. The second-order valence-corrected chi connectivity index (χ2v) is 4.91. The number of carbonyl (C=O) groups is 1. The molecule has 0 spiro atoms. The van der Waals surface area contributed by atoms with Crippen molar-refractivity contribution in [2.75, 3.05) is 33.2 Å². The number of carbonyl (C=O) groups excluding carboxylic acids is 1. The van der Waals surface area contributed by atoms with E-state index >= 15 is 0 Å². The molecule has 1 fully saturated rings. The van der Waals surface area contributed by atoms with Crippen molar-refractivity contribution in [1.82, 2.24) is 15.5 Å². The fraction of sp³-hybridized carbons (Fsp3) is 0.923. The Kier molecular flexibility index (Phi) is 7.01. The zero-order valence-electron chi connectivity index (χ0n) is 11.3. The maximum absolute atomic E-state index is 11.8. The maximum atomic E-state index is 11.8. The Bertz CT molecular complexity index is 213. The van der Waals surface area contributed by atoms with Crippen LogP contribution in [0.3, 0.4) is 0 Å². The fourth-order valence-corrected chi connectivity index (χ4v) is 2.26. The molecule has 1 saturated heterocycles. The van der Waals surface area contributed by atoms with Gasteiger partial charge in [-0.05, 0) is 45.2 Å². The first-order chi connectivity index (χ1) is 8.27. The van der Waals surface area contributed by atoms with Gasteiger partial charge < -0.3 is 15.5 Å². The minimum absolute atomic E-state index is 0.130. The van der Waals surface area contributed by atoms with E-state index in [1.807, 2.05) is 11.9 Å². The van der Waals surface area contributed by atoms with Gasteiger partial charge in [-0.25, -0.2) is 4.79 Å². The summed E-state index contributed by atoms with van der Waals surface area (Å²) in [5, 5.41) is 6.18. The molecule has 2 N–H and O–H groups in total. The predicted octanol–water partition coefficient (Wildman–Crippen LogP) is 1.82.